The monoisotopic (exact) mass is 979 g/mol. The Labute approximate surface area is 410 Å². The van der Waals surface area contributed by atoms with Gasteiger partial charge in [0.05, 0.1) is 29.5 Å². The van der Waals surface area contributed by atoms with E-state index in [9.17, 15) is 24.3 Å². The molecule has 1 heterocycles. The molecule has 1 aliphatic heterocycles. The Kier molecular flexibility index (Phi) is 15.1. The Morgan fingerprint density at radius 3 is 2.00 bits per heavy atom. The van der Waals surface area contributed by atoms with E-state index in [4.69, 9.17) is 32.8 Å². The highest BCUT2D eigenvalue weighted by Gasteiger charge is 2.76. The lowest BCUT2D eigenvalue weighted by atomic mass is 9.45. The van der Waals surface area contributed by atoms with E-state index in [2.05, 4.69) is 5.32 Å². The number of Topliss-reactive ketones (excluding diaryl/α,β-unsaturated/α-hetero) is 1. The molecule has 3 aliphatic carbocycles. The molecule has 0 aromatic heterocycles. The van der Waals surface area contributed by atoms with E-state index >= 15 is 9.59 Å². The number of ether oxygens (including phenoxy) is 6. The summed E-state index contributed by atoms with van der Waals surface area (Å²) in [5, 5.41) is 16.9. The number of esters is 4. The van der Waals surface area contributed by atoms with Gasteiger partial charge >= 0.3 is 30.0 Å². The zero-order chi connectivity index (χ0) is 50.8. The molecule has 1 saturated carbocycles. The van der Waals surface area contributed by atoms with Crippen LogP contribution in [0, 0.1) is 22.7 Å². The van der Waals surface area contributed by atoms with E-state index in [-0.39, 0.29) is 24.5 Å². The number of hydrogen-bond donors (Lipinski definition) is 2. The lowest BCUT2D eigenvalue weighted by Gasteiger charge is -2.65. The van der Waals surface area contributed by atoms with Crippen LogP contribution >= 0.6 is 0 Å². The molecule has 2 fully saturated rings. The SMILES string of the molecule is CC[Si](CC)(CC)O[C@@H](C(=O)OC1=C(C)C2[C@@H](OC(C)=O)C(=O)[C@]3(C)C=C[C@H]4OC[C@@]4(OC(C)=O)[C@H]3[C@H](OC(=O)c3ccccc3)[C@](O)(C1)C2(C)C)[C@@H](NC(=O)OCc1ccccc1)c1ccccc1. The number of allylic oxidation sites excluding steroid dienone is 1. The van der Waals surface area contributed by atoms with Crippen molar-refractivity contribution in [2.24, 2.45) is 22.7 Å². The third-order valence-electron chi connectivity index (χ3n) is 15.4. The van der Waals surface area contributed by atoms with Crippen molar-refractivity contribution in [3.63, 3.8) is 0 Å². The summed E-state index contributed by atoms with van der Waals surface area (Å²) in [7, 11) is -2.75. The molecule has 3 aromatic carbocycles. The highest BCUT2D eigenvalue weighted by atomic mass is 28.4. The van der Waals surface area contributed by atoms with Crippen LogP contribution in [0.3, 0.4) is 0 Å². The van der Waals surface area contributed by atoms with Crippen molar-refractivity contribution in [2.45, 2.75) is 135 Å². The van der Waals surface area contributed by atoms with E-state index in [0.717, 1.165) is 5.56 Å². The van der Waals surface area contributed by atoms with Gasteiger partial charge in [-0.05, 0) is 60.8 Å². The molecule has 3 aromatic rings. The molecule has 1 saturated heterocycles. The highest BCUT2D eigenvalue weighted by molar-refractivity contribution is 6.73. The zero-order valence-electron chi connectivity index (χ0n) is 41.4. The maximum atomic E-state index is 15.7. The Balaban J connectivity index is 1.40. The minimum Gasteiger partial charge on any atom is -0.455 e. The summed E-state index contributed by atoms with van der Waals surface area (Å²) in [6.45, 7) is 14.7. The molecule has 2 N–H and O–H groups in total. The van der Waals surface area contributed by atoms with Gasteiger partial charge in [-0.25, -0.2) is 14.4 Å². The number of ketones is 1. The lowest BCUT2D eigenvalue weighted by Crippen LogP contribution is -2.79. The third-order valence-corrected chi connectivity index (χ3v) is 20.1. The number of amides is 1. The molecule has 7 rings (SSSR count). The van der Waals surface area contributed by atoms with E-state index in [1.807, 2.05) is 51.1 Å². The number of benzene rings is 3. The van der Waals surface area contributed by atoms with Gasteiger partial charge in [-0.2, -0.15) is 0 Å². The number of nitrogens with one attached hydrogen (secondary N) is 1. The summed E-state index contributed by atoms with van der Waals surface area (Å²) in [6.07, 6.45) is -3.85. The summed E-state index contributed by atoms with van der Waals surface area (Å²) in [5.74, 6) is -6.61. The van der Waals surface area contributed by atoms with Gasteiger partial charge in [0, 0.05) is 31.6 Å². The number of hydrogen-bond acceptors (Lipinski definition) is 14. The number of carbonyl (C=O) groups is 6. The van der Waals surface area contributed by atoms with Gasteiger partial charge in [0.15, 0.2) is 31.9 Å². The van der Waals surface area contributed by atoms with E-state index in [1.165, 1.54) is 13.8 Å². The van der Waals surface area contributed by atoms with Gasteiger partial charge in [-0.1, -0.05) is 126 Å². The predicted molar refractivity (Wildman–Crippen MR) is 258 cm³/mol. The maximum Gasteiger partial charge on any atom is 0.408 e. The van der Waals surface area contributed by atoms with Gasteiger partial charge in [0.1, 0.15) is 30.2 Å². The smallest absolute Gasteiger partial charge is 0.408 e. The summed E-state index contributed by atoms with van der Waals surface area (Å²) in [4.78, 5) is 85.8. The Morgan fingerprint density at radius 1 is 0.843 bits per heavy atom. The molecular weight excluding hydrogens is 915 g/mol. The number of rotatable bonds is 16. The standard InChI is InChI=1S/C54H65NO14Si/c1-10-70(11-2,12-3)69-44(42(37-24-18-14-19-25-37)55-50(61)63-31-36-22-16-13-17-23-36)49(60)66-39-30-54(62)47(67-48(59)38-26-20-15-21-27-38)45-52(9,29-28-40-53(45,32-64-40)68-35(6)57)46(58)43(65-34(5)56)41(33(39)4)51(54,7)8/h13-29,40-45,47,62H,10-12,30-32H2,1-9H3,(H,55,61)/t40-,41?,42+,43-,44-,45+,47+,52-,53+,54-/m1/s1. The first-order valence-electron chi connectivity index (χ1n) is 24.0. The number of carbonyl (C=O) groups excluding carboxylic acids is 6. The van der Waals surface area contributed by atoms with Crippen LogP contribution in [-0.4, -0.2) is 91.4 Å². The molecule has 0 spiro atoms. The molecule has 2 bridgehead atoms. The van der Waals surface area contributed by atoms with Crippen LogP contribution in [0.4, 0.5) is 4.79 Å². The number of alkyl carbamates (subject to hydrolysis) is 1. The third kappa shape index (κ3) is 9.50. The largest absolute Gasteiger partial charge is 0.455 e. The second kappa shape index (κ2) is 20.4. The normalized spacial score (nSPS) is 28.5. The van der Waals surface area contributed by atoms with Crippen molar-refractivity contribution in [1.82, 2.24) is 5.32 Å². The highest BCUT2D eigenvalue weighted by Crippen LogP contribution is 2.64. The van der Waals surface area contributed by atoms with Crippen molar-refractivity contribution in [2.75, 3.05) is 6.61 Å². The molecule has 1 amide bonds. The number of aliphatic hydroxyl groups is 1. The van der Waals surface area contributed by atoms with Gasteiger partial charge in [-0.3, -0.25) is 14.4 Å². The summed E-state index contributed by atoms with van der Waals surface area (Å²) >= 11 is 0. The van der Waals surface area contributed by atoms with Crippen molar-refractivity contribution < 1.29 is 66.7 Å². The molecule has 16 heteroatoms. The first kappa shape index (κ1) is 51.9. The van der Waals surface area contributed by atoms with Crippen LogP contribution in [0.1, 0.15) is 96.3 Å². The van der Waals surface area contributed by atoms with Crippen LogP contribution in [0.15, 0.2) is 114 Å². The molecule has 70 heavy (non-hydrogen) atoms. The Morgan fingerprint density at radius 2 is 1.44 bits per heavy atom. The lowest BCUT2D eigenvalue weighted by molar-refractivity contribution is -0.311. The average Bonchev–Trinajstić information content (AvgIpc) is 3.33. The molecule has 4 aliphatic rings. The van der Waals surface area contributed by atoms with Crippen LogP contribution < -0.4 is 5.32 Å². The Hall–Kier alpha value is -5.94. The minimum atomic E-state index is -2.75. The fourth-order valence-electron chi connectivity index (χ4n) is 11.3. The molecular formula is C54H65NO14Si. The first-order chi connectivity index (χ1) is 33.2. The van der Waals surface area contributed by atoms with Gasteiger partial charge in [0.25, 0.3) is 0 Å². The predicted octanol–water partition coefficient (Wildman–Crippen LogP) is 8.27. The summed E-state index contributed by atoms with van der Waals surface area (Å²) < 4.78 is 44.0. The number of fused-ring (bicyclic) bond motifs is 5. The molecule has 1 unspecified atom stereocenters. The second-order valence-corrected chi connectivity index (χ2v) is 24.4. The molecule has 374 valence electrons. The van der Waals surface area contributed by atoms with E-state index < -0.39 is 115 Å². The van der Waals surface area contributed by atoms with E-state index in [0.29, 0.717) is 29.3 Å². The van der Waals surface area contributed by atoms with Crippen molar-refractivity contribution in [3.8, 4) is 0 Å². The zero-order valence-corrected chi connectivity index (χ0v) is 42.4. The van der Waals surface area contributed by atoms with Gasteiger partial charge in [0.2, 0.25) is 0 Å². The fourth-order valence-corrected chi connectivity index (χ4v) is 14.1. The Bertz CT molecular complexity index is 2500. The fraction of sp³-hybridized carbons (Fsp3) is 0.481. The minimum absolute atomic E-state index is 0.0523. The van der Waals surface area contributed by atoms with Gasteiger partial charge in [-0.15, -0.1) is 0 Å². The van der Waals surface area contributed by atoms with Crippen LogP contribution in [0.25, 0.3) is 0 Å². The molecule has 10 atom stereocenters. The van der Waals surface area contributed by atoms with Crippen molar-refractivity contribution in [1.29, 1.82) is 0 Å². The summed E-state index contributed by atoms with van der Waals surface area (Å²) in [6, 6.07) is 26.8. The van der Waals surface area contributed by atoms with Crippen molar-refractivity contribution in [3.05, 3.63) is 131 Å². The summed E-state index contributed by atoms with van der Waals surface area (Å²) in [5.41, 5.74) is -5.54. The average molecular weight is 980 g/mol. The second-order valence-electron chi connectivity index (χ2n) is 19.7. The topological polar surface area (TPSA) is 199 Å². The quantitative estimate of drug-likeness (QED) is 0.0602. The maximum absolute atomic E-state index is 15.7. The van der Waals surface area contributed by atoms with Gasteiger partial charge < -0.3 is 43.3 Å². The van der Waals surface area contributed by atoms with Crippen LogP contribution in [-0.2, 0) is 58.6 Å². The molecule has 0 radical (unpaired) electrons. The first-order valence-corrected chi connectivity index (χ1v) is 26.6. The molecule has 15 nitrogen and oxygen atoms in total. The van der Waals surface area contributed by atoms with Crippen LogP contribution in [0.2, 0.25) is 18.1 Å². The van der Waals surface area contributed by atoms with Crippen molar-refractivity contribution >= 4 is 44.1 Å². The van der Waals surface area contributed by atoms with Crippen LogP contribution in [0.5, 0.6) is 0 Å². The van der Waals surface area contributed by atoms with E-state index in [1.54, 1.807) is 101 Å².